The predicted molar refractivity (Wildman–Crippen MR) is 146 cm³/mol. The Hall–Kier alpha value is -3.68. The summed E-state index contributed by atoms with van der Waals surface area (Å²) in [4.78, 5) is 28.8. The molecule has 3 aromatic carbocycles. The highest BCUT2D eigenvalue weighted by Crippen LogP contribution is 2.44. The fourth-order valence-corrected chi connectivity index (χ4v) is 5.32. The van der Waals surface area contributed by atoms with Crippen molar-refractivity contribution < 1.29 is 19.4 Å². The first kappa shape index (κ1) is 24.0. The molecule has 180 valence electrons. The van der Waals surface area contributed by atoms with Crippen LogP contribution in [0.3, 0.4) is 0 Å². The number of thiophene rings is 1. The molecule has 0 radical (unpaired) electrons. The Morgan fingerprint density at radius 2 is 1.72 bits per heavy atom. The van der Waals surface area contributed by atoms with Gasteiger partial charge in [-0.15, -0.1) is 11.3 Å². The standard InChI is InChI=1S/C29H22BrNO4S/c1-17-5-3-6-22(15-17)35-21-11-9-20(10-12-21)31-26(24-7-4-14-36-24)25(28(33)29(31)34)27(32)19-8-13-23(30)18(2)16-19/h3-16,26,32H,1-2H3/b27-25-. The maximum atomic E-state index is 13.3. The lowest BCUT2D eigenvalue weighted by Gasteiger charge is -2.24. The average Bonchev–Trinajstić information content (AvgIpc) is 3.48. The van der Waals surface area contributed by atoms with Gasteiger partial charge in [-0.3, -0.25) is 14.5 Å². The number of amides is 1. The molecule has 1 fully saturated rings. The Bertz CT molecular complexity index is 1490. The Labute approximate surface area is 221 Å². The quantitative estimate of drug-likeness (QED) is 0.156. The van der Waals surface area contributed by atoms with Crippen LogP contribution in [0.4, 0.5) is 5.69 Å². The highest BCUT2D eigenvalue weighted by molar-refractivity contribution is 9.10. The van der Waals surface area contributed by atoms with Crippen molar-refractivity contribution in [3.63, 3.8) is 0 Å². The number of halogens is 1. The molecule has 1 aliphatic rings. The molecule has 0 saturated carbocycles. The van der Waals surface area contributed by atoms with E-state index in [1.807, 2.05) is 61.7 Å². The summed E-state index contributed by atoms with van der Waals surface area (Å²) < 4.78 is 6.83. The predicted octanol–water partition coefficient (Wildman–Crippen LogP) is 7.55. The minimum absolute atomic E-state index is 0.0734. The number of nitrogens with zero attached hydrogens (tertiary/aromatic N) is 1. The lowest BCUT2D eigenvalue weighted by Crippen LogP contribution is -2.29. The van der Waals surface area contributed by atoms with Crippen LogP contribution in [0, 0.1) is 13.8 Å². The Kier molecular flexibility index (Phi) is 6.51. The molecule has 1 unspecified atom stereocenters. The molecular formula is C29H22BrNO4S. The molecule has 0 aliphatic carbocycles. The number of aliphatic hydroxyl groups excluding tert-OH is 1. The van der Waals surface area contributed by atoms with Gasteiger partial charge in [0.15, 0.2) is 0 Å². The number of hydrogen-bond donors (Lipinski definition) is 1. The minimum Gasteiger partial charge on any atom is -0.507 e. The van der Waals surface area contributed by atoms with Crippen molar-refractivity contribution >= 4 is 50.4 Å². The van der Waals surface area contributed by atoms with Crippen LogP contribution >= 0.6 is 27.3 Å². The highest BCUT2D eigenvalue weighted by Gasteiger charge is 2.47. The number of aryl methyl sites for hydroxylation is 2. The molecule has 1 amide bonds. The number of benzene rings is 3. The van der Waals surface area contributed by atoms with Crippen molar-refractivity contribution in [1.29, 1.82) is 0 Å². The van der Waals surface area contributed by atoms with E-state index >= 15 is 0 Å². The smallest absolute Gasteiger partial charge is 0.300 e. The molecule has 5 rings (SSSR count). The van der Waals surface area contributed by atoms with Gasteiger partial charge in [-0.1, -0.05) is 40.2 Å². The van der Waals surface area contributed by atoms with E-state index in [2.05, 4.69) is 15.9 Å². The maximum absolute atomic E-state index is 13.3. The number of hydrogen-bond acceptors (Lipinski definition) is 5. The van der Waals surface area contributed by atoms with Crippen molar-refractivity contribution in [2.24, 2.45) is 0 Å². The van der Waals surface area contributed by atoms with Crippen molar-refractivity contribution in [2.45, 2.75) is 19.9 Å². The van der Waals surface area contributed by atoms with Crippen LogP contribution < -0.4 is 9.64 Å². The van der Waals surface area contributed by atoms with Gasteiger partial charge in [-0.05, 0) is 85.0 Å². The monoisotopic (exact) mass is 559 g/mol. The van der Waals surface area contributed by atoms with Crippen LogP contribution in [-0.4, -0.2) is 16.8 Å². The second-order valence-corrected chi connectivity index (χ2v) is 10.4. The molecule has 1 aromatic heterocycles. The van der Waals surface area contributed by atoms with E-state index in [-0.39, 0.29) is 11.3 Å². The van der Waals surface area contributed by atoms with Gasteiger partial charge in [-0.2, -0.15) is 0 Å². The second kappa shape index (κ2) is 9.76. The summed E-state index contributed by atoms with van der Waals surface area (Å²) in [6.07, 6.45) is 0. The number of ether oxygens (including phenoxy) is 1. The van der Waals surface area contributed by atoms with Gasteiger partial charge < -0.3 is 9.84 Å². The third kappa shape index (κ3) is 4.47. The summed E-state index contributed by atoms with van der Waals surface area (Å²) in [5, 5.41) is 13.1. The fourth-order valence-electron chi connectivity index (χ4n) is 4.25. The molecule has 2 heterocycles. The first-order valence-electron chi connectivity index (χ1n) is 11.3. The number of carbonyl (C=O) groups excluding carboxylic acids is 2. The van der Waals surface area contributed by atoms with Gasteiger partial charge in [-0.25, -0.2) is 0 Å². The molecule has 1 N–H and O–H groups in total. The first-order chi connectivity index (χ1) is 17.3. The minimum atomic E-state index is -0.738. The number of aliphatic hydroxyl groups is 1. The summed E-state index contributed by atoms with van der Waals surface area (Å²) in [5.74, 6) is -0.266. The number of anilines is 1. The molecule has 4 aromatic rings. The Balaban J connectivity index is 1.55. The fraction of sp³-hybridized carbons (Fsp3) is 0.103. The summed E-state index contributed by atoms with van der Waals surface area (Å²) in [6.45, 7) is 3.89. The SMILES string of the molecule is Cc1cccc(Oc2ccc(N3C(=O)C(=O)/C(=C(\O)c4ccc(Br)c(C)c4)C3c3cccs3)cc2)c1. The maximum Gasteiger partial charge on any atom is 0.300 e. The van der Waals surface area contributed by atoms with Gasteiger partial charge in [0, 0.05) is 20.6 Å². The topological polar surface area (TPSA) is 66.8 Å². The highest BCUT2D eigenvalue weighted by atomic mass is 79.9. The van der Waals surface area contributed by atoms with E-state index in [0.29, 0.717) is 22.7 Å². The molecule has 7 heteroatoms. The molecule has 1 atom stereocenters. The number of rotatable bonds is 5. The van der Waals surface area contributed by atoms with Gasteiger partial charge in [0.1, 0.15) is 23.3 Å². The van der Waals surface area contributed by atoms with Gasteiger partial charge >= 0.3 is 0 Å². The third-order valence-electron chi connectivity index (χ3n) is 6.03. The summed E-state index contributed by atoms with van der Waals surface area (Å²) in [7, 11) is 0. The van der Waals surface area contributed by atoms with E-state index in [4.69, 9.17) is 4.74 Å². The van der Waals surface area contributed by atoms with Crippen molar-refractivity contribution in [2.75, 3.05) is 4.90 Å². The zero-order chi connectivity index (χ0) is 25.4. The van der Waals surface area contributed by atoms with Crippen molar-refractivity contribution in [3.8, 4) is 11.5 Å². The van der Waals surface area contributed by atoms with E-state index in [1.54, 1.807) is 36.4 Å². The second-order valence-electron chi connectivity index (χ2n) is 8.56. The molecule has 1 aliphatic heterocycles. The molecule has 0 spiro atoms. The van der Waals surface area contributed by atoms with E-state index in [0.717, 1.165) is 20.5 Å². The van der Waals surface area contributed by atoms with Crippen LogP contribution in [0.5, 0.6) is 11.5 Å². The number of ketones is 1. The lowest BCUT2D eigenvalue weighted by molar-refractivity contribution is -0.132. The molecule has 1 saturated heterocycles. The molecule has 36 heavy (non-hydrogen) atoms. The van der Waals surface area contributed by atoms with Crippen molar-refractivity contribution in [1.82, 2.24) is 0 Å². The number of Topliss-reactive ketones (excluding diaryl/α,β-unsaturated/α-hetero) is 1. The zero-order valence-corrected chi connectivity index (χ0v) is 22.0. The van der Waals surface area contributed by atoms with Crippen LogP contribution in [0.2, 0.25) is 0 Å². The lowest BCUT2D eigenvalue weighted by atomic mass is 9.99. The molecule has 5 nitrogen and oxygen atoms in total. The van der Waals surface area contributed by atoms with Gasteiger partial charge in [0.25, 0.3) is 11.7 Å². The Morgan fingerprint density at radius 3 is 2.39 bits per heavy atom. The molecular weight excluding hydrogens is 538 g/mol. The Morgan fingerprint density at radius 1 is 0.944 bits per heavy atom. The normalized spacial score (nSPS) is 17.0. The van der Waals surface area contributed by atoms with Gasteiger partial charge in [0.2, 0.25) is 0 Å². The van der Waals surface area contributed by atoms with E-state index in [1.165, 1.54) is 16.2 Å². The van der Waals surface area contributed by atoms with E-state index in [9.17, 15) is 14.7 Å². The average molecular weight is 560 g/mol. The van der Waals surface area contributed by atoms with Crippen LogP contribution in [0.1, 0.15) is 27.6 Å². The van der Waals surface area contributed by atoms with E-state index < -0.39 is 17.7 Å². The van der Waals surface area contributed by atoms with Crippen molar-refractivity contribution in [3.05, 3.63) is 116 Å². The van der Waals surface area contributed by atoms with Crippen LogP contribution in [0.25, 0.3) is 5.76 Å². The summed E-state index contributed by atoms with van der Waals surface area (Å²) in [5.41, 5.74) is 3.09. The van der Waals surface area contributed by atoms with Crippen LogP contribution in [0.15, 0.2) is 94.3 Å². The summed E-state index contributed by atoms with van der Waals surface area (Å²) >= 11 is 4.89. The summed E-state index contributed by atoms with van der Waals surface area (Å²) in [6, 6.07) is 23.1. The first-order valence-corrected chi connectivity index (χ1v) is 13.0. The third-order valence-corrected chi connectivity index (χ3v) is 7.84. The largest absolute Gasteiger partial charge is 0.507 e. The van der Waals surface area contributed by atoms with Gasteiger partial charge in [0.05, 0.1) is 5.57 Å². The zero-order valence-electron chi connectivity index (χ0n) is 19.6. The molecule has 0 bridgehead atoms. The van der Waals surface area contributed by atoms with Crippen LogP contribution in [-0.2, 0) is 9.59 Å². The number of carbonyl (C=O) groups is 2.